The lowest BCUT2D eigenvalue weighted by atomic mass is 10.1. The second-order valence-electron chi connectivity index (χ2n) is 6.02. The number of aromatic hydroxyl groups is 1. The summed E-state index contributed by atoms with van der Waals surface area (Å²) >= 11 is 0. The first-order chi connectivity index (χ1) is 12.3. The fourth-order valence-electron chi connectivity index (χ4n) is 2.51. The number of hydrogen-bond acceptors (Lipinski definition) is 4. The Kier molecular flexibility index (Phi) is 6.39. The lowest BCUT2D eigenvalue weighted by molar-refractivity contribution is 0.0802. The summed E-state index contributed by atoms with van der Waals surface area (Å²) in [5.41, 5.74) is 1.08. The van der Waals surface area contributed by atoms with E-state index in [0.29, 0.717) is 18.5 Å². The van der Waals surface area contributed by atoms with Gasteiger partial charge in [-0.3, -0.25) is 4.79 Å². The number of hydrogen-bond donors (Lipinski definition) is 2. The topological polar surface area (TPSA) is 86.7 Å². The van der Waals surface area contributed by atoms with Crippen molar-refractivity contribution in [1.29, 1.82) is 0 Å². The Morgan fingerprint density at radius 1 is 1.15 bits per heavy atom. The van der Waals surface area contributed by atoms with Crippen LogP contribution in [0.15, 0.2) is 53.4 Å². The third-order valence-electron chi connectivity index (χ3n) is 4.21. The van der Waals surface area contributed by atoms with E-state index < -0.39 is 16.1 Å². The maximum absolute atomic E-state index is 12.8. The summed E-state index contributed by atoms with van der Waals surface area (Å²) in [6.45, 7) is 4.26. The highest BCUT2D eigenvalue weighted by Crippen LogP contribution is 2.22. The smallest absolute Gasteiger partial charge is 0.253 e. The fourth-order valence-corrected chi connectivity index (χ4v) is 3.86. The Hall–Kier alpha value is -2.38. The number of carbonyl (C=O) groups excluding carboxylic acids is 1. The van der Waals surface area contributed by atoms with E-state index in [1.807, 2.05) is 13.8 Å². The van der Waals surface area contributed by atoms with Crippen molar-refractivity contribution >= 4 is 15.9 Å². The van der Waals surface area contributed by atoms with Gasteiger partial charge >= 0.3 is 0 Å². The zero-order valence-electron chi connectivity index (χ0n) is 15.1. The molecule has 26 heavy (non-hydrogen) atoms. The number of benzene rings is 2. The van der Waals surface area contributed by atoms with Crippen molar-refractivity contribution in [2.75, 3.05) is 13.6 Å². The Bertz CT molecular complexity index is 863. The van der Waals surface area contributed by atoms with Crippen LogP contribution in [0.25, 0.3) is 0 Å². The molecule has 0 aliphatic rings. The van der Waals surface area contributed by atoms with E-state index in [9.17, 15) is 18.3 Å². The van der Waals surface area contributed by atoms with E-state index in [1.54, 1.807) is 31.3 Å². The predicted molar refractivity (Wildman–Crippen MR) is 101 cm³/mol. The molecule has 1 atom stereocenters. The van der Waals surface area contributed by atoms with Gasteiger partial charge in [0.2, 0.25) is 10.0 Å². The summed E-state index contributed by atoms with van der Waals surface area (Å²) in [6.07, 6.45) is 0.543. The van der Waals surface area contributed by atoms with Gasteiger partial charge in [-0.05, 0) is 49.2 Å². The number of nitrogens with zero attached hydrogens (tertiary/aromatic N) is 1. The second kappa shape index (κ2) is 8.33. The van der Waals surface area contributed by atoms with Gasteiger partial charge in [-0.25, -0.2) is 13.1 Å². The maximum atomic E-state index is 12.8. The van der Waals surface area contributed by atoms with Gasteiger partial charge in [0.15, 0.2) is 0 Å². The highest BCUT2D eigenvalue weighted by molar-refractivity contribution is 7.89. The molecule has 1 amide bonds. The fraction of sp³-hybridized carbons (Fsp3) is 0.316. The molecular formula is C19H24N2O4S. The Balaban J connectivity index is 2.29. The van der Waals surface area contributed by atoms with E-state index in [-0.39, 0.29) is 16.6 Å². The monoisotopic (exact) mass is 376 g/mol. The second-order valence-corrected chi connectivity index (χ2v) is 7.73. The molecule has 0 spiro atoms. The standard InChI is InChI=1S/C19H24N2O4S/c1-4-18(14-9-11-16(22)12-10-14)20-26(24,25)17-8-6-7-15(13-17)19(23)21(3)5-2/h6-13,18,20,22H,4-5H2,1-3H3/t18-/m1/s1. The summed E-state index contributed by atoms with van der Waals surface area (Å²) < 4.78 is 28.2. The van der Waals surface area contributed by atoms with Crippen LogP contribution in [0, 0.1) is 0 Å². The number of rotatable bonds is 7. The van der Waals surface area contributed by atoms with Crippen LogP contribution in [-0.2, 0) is 10.0 Å². The Labute approximate surface area is 154 Å². The molecule has 140 valence electrons. The molecule has 2 rings (SSSR count). The van der Waals surface area contributed by atoms with Crippen molar-refractivity contribution in [2.24, 2.45) is 0 Å². The van der Waals surface area contributed by atoms with Crippen LogP contribution in [0.1, 0.15) is 42.2 Å². The van der Waals surface area contributed by atoms with Gasteiger partial charge in [-0.15, -0.1) is 0 Å². The van der Waals surface area contributed by atoms with Crippen molar-refractivity contribution in [2.45, 2.75) is 31.2 Å². The molecule has 0 aliphatic heterocycles. The molecular weight excluding hydrogens is 352 g/mol. The molecule has 0 aromatic heterocycles. The Morgan fingerprint density at radius 2 is 1.81 bits per heavy atom. The summed E-state index contributed by atoms with van der Waals surface area (Å²) in [4.78, 5) is 13.8. The summed E-state index contributed by atoms with van der Waals surface area (Å²) in [5, 5.41) is 9.39. The normalized spacial score (nSPS) is 12.6. The average molecular weight is 376 g/mol. The van der Waals surface area contributed by atoms with Crippen molar-refractivity contribution < 1.29 is 18.3 Å². The molecule has 0 saturated carbocycles. The molecule has 2 N–H and O–H groups in total. The molecule has 0 heterocycles. The van der Waals surface area contributed by atoms with E-state index in [2.05, 4.69) is 4.72 Å². The Morgan fingerprint density at radius 3 is 2.38 bits per heavy atom. The number of nitrogens with one attached hydrogen (secondary N) is 1. The number of phenolic OH excluding ortho intramolecular Hbond substituents is 1. The van der Waals surface area contributed by atoms with Gasteiger partial charge in [0, 0.05) is 25.2 Å². The summed E-state index contributed by atoms with van der Waals surface area (Å²) in [6, 6.07) is 12.0. The third-order valence-corrected chi connectivity index (χ3v) is 5.68. The molecule has 0 fully saturated rings. The average Bonchev–Trinajstić information content (AvgIpc) is 2.65. The van der Waals surface area contributed by atoms with Crippen molar-refractivity contribution in [3.8, 4) is 5.75 Å². The maximum Gasteiger partial charge on any atom is 0.253 e. The SMILES string of the molecule is CC[C@@H](NS(=O)(=O)c1cccc(C(=O)N(C)CC)c1)c1ccc(O)cc1. The van der Waals surface area contributed by atoms with E-state index in [1.165, 1.54) is 29.2 Å². The first-order valence-corrected chi connectivity index (χ1v) is 9.93. The van der Waals surface area contributed by atoms with E-state index in [0.717, 1.165) is 5.56 Å². The van der Waals surface area contributed by atoms with Gasteiger partial charge < -0.3 is 10.0 Å². The van der Waals surface area contributed by atoms with E-state index in [4.69, 9.17) is 0 Å². The minimum atomic E-state index is -3.80. The van der Waals surface area contributed by atoms with Gasteiger partial charge in [0.1, 0.15) is 5.75 Å². The first-order valence-electron chi connectivity index (χ1n) is 8.45. The van der Waals surface area contributed by atoms with Crippen LogP contribution >= 0.6 is 0 Å². The van der Waals surface area contributed by atoms with Gasteiger partial charge in [-0.2, -0.15) is 0 Å². The molecule has 0 bridgehead atoms. The predicted octanol–water partition coefficient (Wildman–Crippen LogP) is 2.91. The highest BCUT2D eigenvalue weighted by Gasteiger charge is 2.22. The third kappa shape index (κ3) is 4.62. The van der Waals surface area contributed by atoms with Crippen molar-refractivity contribution in [1.82, 2.24) is 9.62 Å². The first kappa shape index (κ1) is 19.9. The zero-order valence-corrected chi connectivity index (χ0v) is 16.0. The van der Waals surface area contributed by atoms with Gasteiger partial charge in [0.05, 0.1) is 4.90 Å². The lowest BCUT2D eigenvalue weighted by Gasteiger charge is -2.19. The highest BCUT2D eigenvalue weighted by atomic mass is 32.2. The van der Waals surface area contributed by atoms with Gasteiger partial charge in [-0.1, -0.05) is 25.1 Å². The van der Waals surface area contributed by atoms with Crippen LogP contribution in [-0.4, -0.2) is 37.9 Å². The van der Waals surface area contributed by atoms with Crippen LogP contribution in [0.4, 0.5) is 0 Å². The molecule has 6 nitrogen and oxygen atoms in total. The molecule has 0 unspecified atom stereocenters. The molecule has 2 aromatic carbocycles. The lowest BCUT2D eigenvalue weighted by Crippen LogP contribution is -2.29. The van der Waals surface area contributed by atoms with Crippen LogP contribution in [0.3, 0.4) is 0 Å². The number of sulfonamides is 1. The molecule has 0 aliphatic carbocycles. The number of carbonyl (C=O) groups is 1. The largest absolute Gasteiger partial charge is 0.508 e. The molecule has 0 radical (unpaired) electrons. The molecule has 2 aromatic rings. The van der Waals surface area contributed by atoms with Crippen LogP contribution in [0.2, 0.25) is 0 Å². The van der Waals surface area contributed by atoms with Gasteiger partial charge in [0.25, 0.3) is 5.91 Å². The zero-order chi connectivity index (χ0) is 19.3. The minimum Gasteiger partial charge on any atom is -0.508 e. The molecule has 7 heteroatoms. The summed E-state index contributed by atoms with van der Waals surface area (Å²) in [5.74, 6) is -0.104. The minimum absolute atomic E-state index is 0.0464. The van der Waals surface area contributed by atoms with Crippen LogP contribution < -0.4 is 4.72 Å². The number of amides is 1. The van der Waals surface area contributed by atoms with E-state index >= 15 is 0 Å². The van der Waals surface area contributed by atoms with Crippen molar-refractivity contribution in [3.05, 3.63) is 59.7 Å². The quantitative estimate of drug-likeness (QED) is 0.778. The summed E-state index contributed by atoms with van der Waals surface area (Å²) in [7, 11) is -2.14. The van der Waals surface area contributed by atoms with Crippen molar-refractivity contribution in [3.63, 3.8) is 0 Å². The van der Waals surface area contributed by atoms with Crippen LogP contribution in [0.5, 0.6) is 5.75 Å². The number of phenols is 1. The molecule has 0 saturated heterocycles.